The van der Waals surface area contributed by atoms with Gasteiger partial charge in [0.25, 0.3) is 0 Å². The molecule has 27 heavy (non-hydrogen) atoms. The Kier molecular flexibility index (Phi) is 7.15. The molecule has 1 N–H and O–H groups in total. The number of aromatic nitrogens is 3. The molecule has 0 unspecified atom stereocenters. The first kappa shape index (κ1) is 19.7. The molecule has 7 heteroatoms. The topological polar surface area (TPSA) is 69.0 Å². The van der Waals surface area contributed by atoms with Gasteiger partial charge in [-0.05, 0) is 31.6 Å². The predicted octanol–water partition coefficient (Wildman–Crippen LogP) is 3.42. The molecule has 2 aromatic rings. The van der Waals surface area contributed by atoms with Crippen molar-refractivity contribution in [2.45, 2.75) is 56.1 Å². The maximum Gasteiger partial charge on any atom is 0.224 e. The highest BCUT2D eigenvalue weighted by atomic mass is 32.2. The number of rotatable bonds is 9. The third kappa shape index (κ3) is 5.03. The summed E-state index contributed by atoms with van der Waals surface area (Å²) in [5, 5.41) is 12.8. The van der Waals surface area contributed by atoms with Crippen LogP contribution in [0.2, 0.25) is 0 Å². The molecule has 1 amide bonds. The maximum absolute atomic E-state index is 12.2. The number of carbonyl (C=O) groups excluding carboxylic acids is 1. The Morgan fingerprint density at radius 2 is 2.07 bits per heavy atom. The fourth-order valence-electron chi connectivity index (χ4n) is 3.71. The lowest BCUT2D eigenvalue weighted by Gasteiger charge is -2.16. The van der Waals surface area contributed by atoms with E-state index in [4.69, 9.17) is 4.74 Å². The van der Waals surface area contributed by atoms with Crippen LogP contribution in [0.3, 0.4) is 0 Å². The van der Waals surface area contributed by atoms with Crippen LogP contribution in [0.25, 0.3) is 0 Å². The Morgan fingerprint density at radius 3 is 2.81 bits per heavy atom. The third-order valence-electron chi connectivity index (χ3n) is 5.05. The van der Waals surface area contributed by atoms with Crippen molar-refractivity contribution in [1.82, 2.24) is 20.1 Å². The number of benzene rings is 1. The second-order valence-electron chi connectivity index (χ2n) is 6.85. The van der Waals surface area contributed by atoms with Crippen LogP contribution >= 0.6 is 11.8 Å². The molecule has 0 radical (unpaired) electrons. The van der Waals surface area contributed by atoms with Crippen LogP contribution in [0.5, 0.6) is 5.75 Å². The third-order valence-corrected chi connectivity index (χ3v) is 5.69. The number of hydrogen-bond donors (Lipinski definition) is 1. The zero-order chi connectivity index (χ0) is 19.1. The lowest BCUT2D eigenvalue weighted by Crippen LogP contribution is -2.26. The van der Waals surface area contributed by atoms with Gasteiger partial charge in [0.15, 0.2) is 5.16 Å². The van der Waals surface area contributed by atoms with Crippen LogP contribution in [0.15, 0.2) is 29.4 Å². The number of nitrogens with zero attached hydrogens (tertiary/aromatic N) is 3. The Hall–Kier alpha value is -2.02. The van der Waals surface area contributed by atoms with E-state index in [2.05, 4.69) is 26.3 Å². The molecule has 0 saturated heterocycles. The maximum atomic E-state index is 12.2. The molecule has 1 aliphatic rings. The van der Waals surface area contributed by atoms with Gasteiger partial charge in [-0.25, -0.2) is 0 Å². The van der Waals surface area contributed by atoms with Gasteiger partial charge in [-0.3, -0.25) is 4.79 Å². The Balaban J connectivity index is 1.49. The minimum atomic E-state index is 0.0153. The van der Waals surface area contributed by atoms with Gasteiger partial charge in [0, 0.05) is 24.6 Å². The van der Waals surface area contributed by atoms with E-state index in [1.54, 1.807) is 18.9 Å². The molecule has 3 rings (SSSR count). The normalized spacial score (nSPS) is 14.4. The first-order chi connectivity index (χ1) is 13.2. The lowest BCUT2D eigenvalue weighted by atomic mass is 10.1. The lowest BCUT2D eigenvalue weighted by molar-refractivity contribution is -0.120. The largest absolute Gasteiger partial charge is 0.496 e. The Morgan fingerprint density at radius 1 is 1.30 bits per heavy atom. The summed E-state index contributed by atoms with van der Waals surface area (Å²) in [5.74, 6) is 1.81. The summed E-state index contributed by atoms with van der Waals surface area (Å²) in [7, 11) is 1.63. The minimum absolute atomic E-state index is 0.0153. The van der Waals surface area contributed by atoms with Crippen molar-refractivity contribution in [2.24, 2.45) is 0 Å². The summed E-state index contributed by atoms with van der Waals surface area (Å²) in [6, 6.07) is 8.17. The second kappa shape index (κ2) is 9.78. The molecule has 146 valence electrons. The quantitative estimate of drug-likeness (QED) is 0.527. The summed E-state index contributed by atoms with van der Waals surface area (Å²) in [4.78, 5) is 12.2. The summed E-state index contributed by atoms with van der Waals surface area (Å²) >= 11 is 1.66. The van der Waals surface area contributed by atoms with Crippen LogP contribution < -0.4 is 10.1 Å². The van der Waals surface area contributed by atoms with Crippen molar-refractivity contribution in [2.75, 3.05) is 19.9 Å². The van der Waals surface area contributed by atoms with Gasteiger partial charge in [0.2, 0.25) is 5.91 Å². The van der Waals surface area contributed by atoms with E-state index in [0.29, 0.717) is 19.0 Å². The molecule has 0 atom stereocenters. The molecule has 1 aromatic heterocycles. The minimum Gasteiger partial charge on any atom is -0.496 e. The van der Waals surface area contributed by atoms with Gasteiger partial charge in [0.05, 0.1) is 13.5 Å². The van der Waals surface area contributed by atoms with Gasteiger partial charge in [-0.2, -0.15) is 0 Å². The van der Waals surface area contributed by atoms with Crippen LogP contribution in [0, 0.1) is 0 Å². The molecule has 1 saturated carbocycles. The van der Waals surface area contributed by atoms with Crippen LogP contribution in [0.4, 0.5) is 0 Å². The van der Waals surface area contributed by atoms with Crippen molar-refractivity contribution < 1.29 is 9.53 Å². The zero-order valence-electron chi connectivity index (χ0n) is 16.1. The molecule has 1 aliphatic carbocycles. The second-order valence-corrected chi connectivity index (χ2v) is 7.63. The number of carbonyl (C=O) groups is 1. The van der Waals surface area contributed by atoms with Crippen molar-refractivity contribution in [3.63, 3.8) is 0 Å². The highest BCUT2D eigenvalue weighted by Crippen LogP contribution is 2.33. The average Bonchev–Trinajstić information content (AvgIpc) is 3.34. The summed E-state index contributed by atoms with van der Waals surface area (Å²) in [6.07, 6.45) is 9.08. The van der Waals surface area contributed by atoms with Crippen molar-refractivity contribution in [3.05, 3.63) is 35.7 Å². The molecular weight excluding hydrogens is 360 g/mol. The number of para-hydroxylation sites is 1. The molecule has 0 aliphatic heterocycles. The monoisotopic (exact) mass is 388 g/mol. The molecule has 0 bridgehead atoms. The van der Waals surface area contributed by atoms with E-state index in [-0.39, 0.29) is 5.91 Å². The van der Waals surface area contributed by atoms with E-state index < -0.39 is 0 Å². The zero-order valence-corrected chi connectivity index (χ0v) is 16.9. The number of methoxy groups -OCH3 is 1. The van der Waals surface area contributed by atoms with Crippen molar-refractivity contribution in [3.8, 4) is 5.75 Å². The molecular formula is C20H28N4O2S. The SMILES string of the molecule is COc1ccccc1CC(=O)NCCCc1nnc(SC)n1C1CCCC1. The summed E-state index contributed by atoms with van der Waals surface area (Å²) in [5.41, 5.74) is 0.906. The van der Waals surface area contributed by atoms with E-state index in [1.807, 2.05) is 24.3 Å². The Labute approximate surface area is 165 Å². The summed E-state index contributed by atoms with van der Waals surface area (Å²) < 4.78 is 7.63. The number of ether oxygens (including phenoxy) is 1. The van der Waals surface area contributed by atoms with Crippen molar-refractivity contribution >= 4 is 17.7 Å². The number of amides is 1. The van der Waals surface area contributed by atoms with Gasteiger partial charge in [-0.1, -0.05) is 42.8 Å². The number of nitrogens with one attached hydrogen (secondary N) is 1. The highest BCUT2D eigenvalue weighted by Gasteiger charge is 2.23. The van der Waals surface area contributed by atoms with E-state index in [9.17, 15) is 4.79 Å². The summed E-state index contributed by atoms with van der Waals surface area (Å²) in [6.45, 7) is 0.639. The molecule has 6 nitrogen and oxygen atoms in total. The average molecular weight is 389 g/mol. The molecule has 0 spiro atoms. The molecule has 1 aromatic carbocycles. The molecule has 1 fully saturated rings. The standard InChI is InChI=1S/C20H28N4O2S/c1-26-17-11-6-3-8-15(17)14-19(25)21-13-7-12-18-22-23-20(27-2)24(18)16-9-4-5-10-16/h3,6,8,11,16H,4-5,7,9-10,12-14H2,1-2H3,(H,21,25). The van der Waals surface area contributed by atoms with Gasteiger partial charge >= 0.3 is 0 Å². The number of hydrogen-bond acceptors (Lipinski definition) is 5. The smallest absolute Gasteiger partial charge is 0.224 e. The fraction of sp³-hybridized carbons (Fsp3) is 0.550. The van der Waals surface area contributed by atoms with Gasteiger partial charge < -0.3 is 14.6 Å². The van der Waals surface area contributed by atoms with E-state index in [1.165, 1.54) is 25.7 Å². The fourth-order valence-corrected chi connectivity index (χ4v) is 4.28. The number of thioether (sulfide) groups is 1. The van der Waals surface area contributed by atoms with E-state index in [0.717, 1.165) is 35.1 Å². The molecule has 1 heterocycles. The van der Waals surface area contributed by atoms with Gasteiger partial charge in [0.1, 0.15) is 11.6 Å². The predicted molar refractivity (Wildman–Crippen MR) is 107 cm³/mol. The Bertz CT molecular complexity index is 756. The first-order valence-corrected chi connectivity index (χ1v) is 10.8. The van der Waals surface area contributed by atoms with Crippen LogP contribution in [-0.2, 0) is 17.6 Å². The van der Waals surface area contributed by atoms with E-state index >= 15 is 0 Å². The van der Waals surface area contributed by atoms with Gasteiger partial charge in [-0.15, -0.1) is 10.2 Å². The first-order valence-electron chi connectivity index (χ1n) is 9.59. The van der Waals surface area contributed by atoms with Crippen LogP contribution in [0.1, 0.15) is 49.5 Å². The number of aryl methyl sites for hydroxylation is 1. The highest BCUT2D eigenvalue weighted by molar-refractivity contribution is 7.98. The van der Waals surface area contributed by atoms with Crippen molar-refractivity contribution in [1.29, 1.82) is 0 Å². The van der Waals surface area contributed by atoms with Crippen LogP contribution in [-0.4, -0.2) is 40.6 Å².